The van der Waals surface area contributed by atoms with E-state index in [2.05, 4.69) is 9.80 Å². The zero-order valence-electron chi connectivity index (χ0n) is 17.1. The van der Waals surface area contributed by atoms with Crippen LogP contribution < -0.4 is 0 Å². The van der Waals surface area contributed by atoms with Crippen LogP contribution >= 0.6 is 0 Å². The normalized spacial score (nSPS) is 30.1. The first-order valence-corrected chi connectivity index (χ1v) is 10.8. The van der Waals surface area contributed by atoms with Crippen molar-refractivity contribution in [3.8, 4) is 0 Å². The number of likely N-dealkylation sites (tertiary alicyclic amines) is 1. The van der Waals surface area contributed by atoms with Crippen molar-refractivity contribution in [2.75, 3.05) is 39.4 Å². The topological polar surface area (TPSA) is 79.3 Å². The van der Waals surface area contributed by atoms with Gasteiger partial charge in [-0.3, -0.25) is 9.69 Å². The van der Waals surface area contributed by atoms with Crippen LogP contribution in [-0.2, 0) is 19.1 Å². The van der Waals surface area contributed by atoms with Crippen LogP contribution in [0.25, 0.3) is 0 Å². The maximum Gasteiger partial charge on any atom is 0.490 e. The number of carboxylic acid groups (broad SMARTS) is 1. The monoisotopic (exact) mass is 436 g/mol. The average molecular weight is 436 g/mol. The van der Waals surface area contributed by atoms with Crippen molar-refractivity contribution >= 4 is 11.9 Å². The fourth-order valence-corrected chi connectivity index (χ4v) is 4.83. The molecule has 7 nitrogen and oxygen atoms in total. The number of rotatable bonds is 4. The van der Waals surface area contributed by atoms with E-state index in [1.165, 1.54) is 38.5 Å². The Labute approximate surface area is 174 Å². The molecule has 10 heteroatoms. The van der Waals surface area contributed by atoms with Crippen LogP contribution in [0.3, 0.4) is 0 Å². The van der Waals surface area contributed by atoms with Gasteiger partial charge in [-0.25, -0.2) is 4.79 Å². The first-order chi connectivity index (χ1) is 14.2. The third kappa shape index (κ3) is 6.31. The Bertz CT molecular complexity index is 591. The molecule has 4 fully saturated rings. The molecule has 30 heavy (non-hydrogen) atoms. The maximum atomic E-state index is 12.6. The lowest BCUT2D eigenvalue weighted by atomic mass is 10.0. The molecule has 172 valence electrons. The molecule has 1 amide bonds. The molecule has 0 aromatic rings. The lowest BCUT2D eigenvalue weighted by Gasteiger charge is -2.37. The fourth-order valence-electron chi connectivity index (χ4n) is 4.83. The summed E-state index contributed by atoms with van der Waals surface area (Å²) >= 11 is 0. The van der Waals surface area contributed by atoms with E-state index >= 15 is 0 Å². The Hall–Kier alpha value is -1.39. The molecule has 0 aromatic heterocycles. The summed E-state index contributed by atoms with van der Waals surface area (Å²) in [7, 11) is 0. The Morgan fingerprint density at radius 3 is 2.30 bits per heavy atom. The van der Waals surface area contributed by atoms with Gasteiger partial charge in [-0.05, 0) is 31.6 Å². The van der Waals surface area contributed by atoms with Gasteiger partial charge in [0.05, 0.1) is 24.9 Å². The highest BCUT2D eigenvalue weighted by Crippen LogP contribution is 2.30. The van der Waals surface area contributed by atoms with Crippen LogP contribution in [-0.4, -0.2) is 90.6 Å². The summed E-state index contributed by atoms with van der Waals surface area (Å²) in [5.41, 5.74) is 0. The smallest absolute Gasteiger partial charge is 0.475 e. The lowest BCUT2D eigenvalue weighted by molar-refractivity contribution is -0.192. The number of carbonyl (C=O) groups excluding carboxylic acids is 1. The van der Waals surface area contributed by atoms with Crippen molar-refractivity contribution in [3.63, 3.8) is 0 Å². The maximum absolute atomic E-state index is 12.6. The van der Waals surface area contributed by atoms with Gasteiger partial charge in [0.2, 0.25) is 5.91 Å². The molecule has 3 atom stereocenters. The summed E-state index contributed by atoms with van der Waals surface area (Å²) in [5, 5.41) is 7.12. The Morgan fingerprint density at radius 2 is 1.70 bits per heavy atom. The summed E-state index contributed by atoms with van der Waals surface area (Å²) in [6, 6.07) is 0.375. The van der Waals surface area contributed by atoms with Gasteiger partial charge in [0.15, 0.2) is 0 Å². The minimum Gasteiger partial charge on any atom is -0.475 e. The van der Waals surface area contributed by atoms with Gasteiger partial charge >= 0.3 is 12.1 Å². The SMILES string of the molecule is O=C(CC1CCCC1)N1C[C@@H]2OCCN(CC3CCCO3)[C@@H]2C1.O=C(O)C(F)(F)F. The molecule has 3 saturated heterocycles. The summed E-state index contributed by atoms with van der Waals surface area (Å²) in [5.74, 6) is -1.77. The van der Waals surface area contributed by atoms with Crippen LogP contribution in [0.1, 0.15) is 44.9 Å². The second-order valence-electron chi connectivity index (χ2n) is 8.56. The number of alkyl halides is 3. The highest BCUT2D eigenvalue weighted by molar-refractivity contribution is 5.77. The molecule has 0 bridgehead atoms. The molecule has 1 N–H and O–H groups in total. The third-order valence-electron chi connectivity index (χ3n) is 6.41. The largest absolute Gasteiger partial charge is 0.490 e. The van der Waals surface area contributed by atoms with Gasteiger partial charge in [-0.2, -0.15) is 13.2 Å². The quantitative estimate of drug-likeness (QED) is 0.729. The number of hydrogen-bond donors (Lipinski definition) is 1. The number of amides is 1. The van der Waals surface area contributed by atoms with Gasteiger partial charge in [-0.1, -0.05) is 12.8 Å². The molecule has 0 radical (unpaired) electrons. The number of carboxylic acids is 1. The standard InChI is InChI=1S/C18H30N2O3.C2HF3O2/c21-18(10-14-4-1-2-5-14)20-12-16-17(13-20)23-9-7-19(16)11-15-6-3-8-22-15;3-2(4,5)1(6)7/h14-17H,1-13H2;(H,6,7)/t15?,16-,17+;/m1./s1. The second-order valence-corrected chi connectivity index (χ2v) is 8.56. The van der Waals surface area contributed by atoms with Gasteiger partial charge < -0.3 is 19.5 Å². The van der Waals surface area contributed by atoms with E-state index in [-0.39, 0.29) is 6.10 Å². The zero-order valence-corrected chi connectivity index (χ0v) is 17.1. The summed E-state index contributed by atoms with van der Waals surface area (Å²) in [4.78, 5) is 26.1. The van der Waals surface area contributed by atoms with Crippen LogP contribution in [0, 0.1) is 5.92 Å². The van der Waals surface area contributed by atoms with Gasteiger partial charge in [0.1, 0.15) is 0 Å². The number of carbonyl (C=O) groups is 2. The zero-order chi connectivity index (χ0) is 21.7. The second kappa shape index (κ2) is 10.3. The van der Waals surface area contributed by atoms with Gasteiger partial charge in [0.25, 0.3) is 0 Å². The Balaban J connectivity index is 0.000000318. The number of morpholine rings is 1. The molecular formula is C20H31F3N2O5. The first kappa shape index (κ1) is 23.3. The number of nitrogens with zero attached hydrogens (tertiary/aromatic N) is 2. The first-order valence-electron chi connectivity index (χ1n) is 10.8. The number of ether oxygens (including phenoxy) is 2. The molecular weight excluding hydrogens is 405 g/mol. The van der Waals surface area contributed by atoms with Crippen molar-refractivity contribution < 1.29 is 37.3 Å². The van der Waals surface area contributed by atoms with Crippen molar-refractivity contribution in [3.05, 3.63) is 0 Å². The van der Waals surface area contributed by atoms with Crippen LogP contribution in [0.5, 0.6) is 0 Å². The van der Waals surface area contributed by atoms with E-state index in [0.29, 0.717) is 24.0 Å². The lowest BCUT2D eigenvalue weighted by Crippen LogP contribution is -2.52. The highest BCUT2D eigenvalue weighted by Gasteiger charge is 2.42. The van der Waals surface area contributed by atoms with E-state index in [9.17, 15) is 18.0 Å². The predicted molar refractivity (Wildman–Crippen MR) is 101 cm³/mol. The number of aliphatic carboxylic acids is 1. The number of halogens is 3. The molecule has 1 aliphatic carbocycles. The van der Waals surface area contributed by atoms with E-state index in [1.54, 1.807) is 0 Å². The molecule has 4 aliphatic rings. The van der Waals surface area contributed by atoms with E-state index in [0.717, 1.165) is 45.8 Å². The average Bonchev–Trinajstić information content (AvgIpc) is 3.43. The summed E-state index contributed by atoms with van der Waals surface area (Å²) in [6.45, 7) is 5.33. The Kier molecular flexibility index (Phi) is 7.98. The van der Waals surface area contributed by atoms with Crippen molar-refractivity contribution in [1.29, 1.82) is 0 Å². The van der Waals surface area contributed by atoms with Crippen molar-refractivity contribution in [1.82, 2.24) is 9.80 Å². The fraction of sp³-hybridized carbons (Fsp3) is 0.900. The summed E-state index contributed by atoms with van der Waals surface area (Å²) < 4.78 is 43.5. The van der Waals surface area contributed by atoms with E-state index in [1.807, 2.05) is 0 Å². The molecule has 0 spiro atoms. The summed E-state index contributed by atoms with van der Waals surface area (Å²) in [6.07, 6.45) is 3.74. The molecule has 3 heterocycles. The molecule has 1 saturated carbocycles. The van der Waals surface area contributed by atoms with Gasteiger partial charge in [-0.15, -0.1) is 0 Å². The molecule has 1 unspecified atom stereocenters. The van der Waals surface area contributed by atoms with Crippen molar-refractivity contribution in [2.24, 2.45) is 5.92 Å². The van der Waals surface area contributed by atoms with Crippen molar-refractivity contribution in [2.45, 2.75) is 69.4 Å². The number of fused-ring (bicyclic) bond motifs is 1. The predicted octanol–water partition coefficient (Wildman–Crippen LogP) is 2.29. The third-order valence-corrected chi connectivity index (χ3v) is 6.41. The van der Waals surface area contributed by atoms with Crippen LogP contribution in [0.15, 0.2) is 0 Å². The van der Waals surface area contributed by atoms with Crippen LogP contribution in [0.2, 0.25) is 0 Å². The minimum atomic E-state index is -5.08. The molecule has 3 aliphatic heterocycles. The Morgan fingerprint density at radius 1 is 1.00 bits per heavy atom. The van der Waals surface area contributed by atoms with Gasteiger partial charge in [0, 0.05) is 39.2 Å². The number of hydrogen-bond acceptors (Lipinski definition) is 5. The highest BCUT2D eigenvalue weighted by atomic mass is 19.4. The van der Waals surface area contributed by atoms with E-state index < -0.39 is 12.1 Å². The molecule has 0 aromatic carbocycles. The van der Waals surface area contributed by atoms with E-state index in [4.69, 9.17) is 19.4 Å². The minimum absolute atomic E-state index is 0.206. The molecule has 4 rings (SSSR count). The van der Waals surface area contributed by atoms with Crippen LogP contribution in [0.4, 0.5) is 13.2 Å².